The molecule has 6 heteroatoms. The van der Waals surface area contributed by atoms with Gasteiger partial charge in [0.25, 0.3) is 5.91 Å². The Morgan fingerprint density at radius 2 is 1.94 bits per heavy atom. The number of rotatable bonds is 4. The van der Waals surface area contributed by atoms with Gasteiger partial charge in [0.1, 0.15) is 0 Å². The first-order valence-corrected chi connectivity index (χ1v) is 5.64. The summed E-state index contributed by atoms with van der Waals surface area (Å²) in [5, 5.41) is 0. The van der Waals surface area contributed by atoms with Crippen molar-refractivity contribution in [1.82, 2.24) is 14.8 Å². The minimum Gasteiger partial charge on any atom is -0.347 e. The molecule has 2 amide bonds. The van der Waals surface area contributed by atoms with Crippen LogP contribution in [0.25, 0.3) is 0 Å². The van der Waals surface area contributed by atoms with Gasteiger partial charge in [0, 0.05) is 32.9 Å². The lowest BCUT2D eigenvalue weighted by Crippen LogP contribution is -2.40. The van der Waals surface area contributed by atoms with Crippen molar-refractivity contribution in [2.24, 2.45) is 0 Å². The zero-order valence-electron chi connectivity index (χ0n) is 10.8. The summed E-state index contributed by atoms with van der Waals surface area (Å²) in [6.45, 7) is 2.26. The Morgan fingerprint density at radius 3 is 2.39 bits per heavy atom. The van der Waals surface area contributed by atoms with Gasteiger partial charge in [0.2, 0.25) is 11.5 Å². The second-order valence-electron chi connectivity index (χ2n) is 4.05. The third-order valence-corrected chi connectivity index (χ3v) is 2.53. The smallest absolute Gasteiger partial charge is 0.255 e. The Labute approximate surface area is 105 Å². The lowest BCUT2D eigenvalue weighted by Gasteiger charge is -2.22. The molecule has 1 aromatic rings. The largest absolute Gasteiger partial charge is 0.347 e. The molecule has 1 rings (SSSR count). The molecule has 0 unspecified atom stereocenters. The summed E-state index contributed by atoms with van der Waals surface area (Å²) in [6.07, 6.45) is 1.35. The number of pyridine rings is 1. The van der Waals surface area contributed by atoms with E-state index in [0.29, 0.717) is 12.1 Å². The van der Waals surface area contributed by atoms with Crippen LogP contribution in [-0.2, 0) is 4.79 Å². The molecule has 1 aromatic heterocycles. The molecule has 18 heavy (non-hydrogen) atoms. The summed E-state index contributed by atoms with van der Waals surface area (Å²) in [5.41, 5.74) is 0.0990. The van der Waals surface area contributed by atoms with Crippen molar-refractivity contribution in [2.75, 3.05) is 27.2 Å². The molecule has 0 atom stereocenters. The third kappa shape index (κ3) is 3.44. The number of amides is 2. The van der Waals surface area contributed by atoms with Crippen molar-refractivity contribution in [3.05, 3.63) is 34.2 Å². The van der Waals surface area contributed by atoms with E-state index in [4.69, 9.17) is 0 Å². The standard InChI is InChI=1S/C12H17N3O3/c1-4-15(8-11(17)14(2)3)12(18)9-5-6-10(16)13-7-9/h5-7H,4,8H2,1-3H3,(H,13,16). The molecule has 1 N–H and O–H groups in total. The van der Waals surface area contributed by atoms with E-state index in [1.165, 1.54) is 28.1 Å². The van der Waals surface area contributed by atoms with Crippen LogP contribution in [0, 0.1) is 0 Å². The molecule has 0 radical (unpaired) electrons. The molecular weight excluding hydrogens is 234 g/mol. The molecule has 0 saturated carbocycles. The van der Waals surface area contributed by atoms with Crippen LogP contribution in [0.15, 0.2) is 23.1 Å². The van der Waals surface area contributed by atoms with E-state index in [2.05, 4.69) is 4.98 Å². The molecule has 0 saturated heterocycles. The number of hydrogen-bond acceptors (Lipinski definition) is 3. The number of aromatic amines is 1. The van der Waals surface area contributed by atoms with Crippen LogP contribution in [0.2, 0.25) is 0 Å². The summed E-state index contributed by atoms with van der Waals surface area (Å²) in [4.78, 5) is 39.9. The summed E-state index contributed by atoms with van der Waals surface area (Å²) in [7, 11) is 3.28. The molecule has 0 bridgehead atoms. The second kappa shape index (κ2) is 6.00. The van der Waals surface area contributed by atoms with Crippen molar-refractivity contribution in [3.8, 4) is 0 Å². The van der Waals surface area contributed by atoms with Gasteiger partial charge in [-0.2, -0.15) is 0 Å². The van der Waals surface area contributed by atoms with Crippen LogP contribution >= 0.6 is 0 Å². The molecule has 1 heterocycles. The molecule has 0 aromatic carbocycles. The molecule has 98 valence electrons. The number of carbonyl (C=O) groups excluding carboxylic acids is 2. The van der Waals surface area contributed by atoms with E-state index in [-0.39, 0.29) is 23.9 Å². The number of nitrogens with zero attached hydrogens (tertiary/aromatic N) is 2. The number of likely N-dealkylation sites (N-methyl/N-ethyl adjacent to an activating group) is 2. The van der Waals surface area contributed by atoms with Crippen molar-refractivity contribution in [3.63, 3.8) is 0 Å². The molecule has 0 aliphatic carbocycles. The average molecular weight is 251 g/mol. The fourth-order valence-corrected chi connectivity index (χ4v) is 1.36. The minimum atomic E-state index is -0.274. The van der Waals surface area contributed by atoms with Gasteiger partial charge >= 0.3 is 0 Å². The van der Waals surface area contributed by atoms with Gasteiger partial charge in [0.15, 0.2) is 0 Å². The normalized spacial score (nSPS) is 9.94. The third-order valence-electron chi connectivity index (χ3n) is 2.53. The van der Waals surface area contributed by atoms with E-state index in [9.17, 15) is 14.4 Å². The van der Waals surface area contributed by atoms with Gasteiger partial charge in [-0.15, -0.1) is 0 Å². The number of aromatic nitrogens is 1. The summed E-state index contributed by atoms with van der Waals surface area (Å²) in [5.74, 6) is -0.418. The van der Waals surface area contributed by atoms with Crippen LogP contribution in [0.3, 0.4) is 0 Å². The highest BCUT2D eigenvalue weighted by Crippen LogP contribution is 2.02. The van der Waals surface area contributed by atoms with E-state index >= 15 is 0 Å². The first-order chi connectivity index (χ1) is 8.45. The van der Waals surface area contributed by atoms with Crippen molar-refractivity contribution in [2.45, 2.75) is 6.92 Å². The van der Waals surface area contributed by atoms with Crippen molar-refractivity contribution < 1.29 is 9.59 Å². The Balaban J connectivity index is 2.82. The first kappa shape index (κ1) is 14.0. The molecule has 0 spiro atoms. The molecule has 0 aliphatic heterocycles. The minimum absolute atomic E-state index is 0.0292. The number of nitrogens with one attached hydrogen (secondary N) is 1. The Morgan fingerprint density at radius 1 is 1.28 bits per heavy atom. The number of carbonyl (C=O) groups is 2. The fourth-order valence-electron chi connectivity index (χ4n) is 1.36. The SMILES string of the molecule is CCN(CC(=O)N(C)C)C(=O)c1ccc(=O)[nH]c1. The van der Waals surface area contributed by atoms with Gasteiger partial charge < -0.3 is 14.8 Å². The van der Waals surface area contributed by atoms with Crippen LogP contribution in [0.4, 0.5) is 0 Å². The monoisotopic (exact) mass is 251 g/mol. The Hall–Kier alpha value is -2.11. The van der Waals surface area contributed by atoms with Gasteiger partial charge in [-0.25, -0.2) is 0 Å². The molecule has 0 fully saturated rings. The predicted octanol–water partition coefficient (Wildman–Crippen LogP) is -0.0748. The maximum atomic E-state index is 12.1. The van der Waals surface area contributed by atoms with Crippen LogP contribution < -0.4 is 5.56 Å². The number of H-pyrrole nitrogens is 1. The Kier molecular flexibility index (Phi) is 4.65. The van der Waals surface area contributed by atoms with Crippen LogP contribution in [0.1, 0.15) is 17.3 Å². The van der Waals surface area contributed by atoms with Gasteiger partial charge in [-0.3, -0.25) is 14.4 Å². The molecule has 6 nitrogen and oxygen atoms in total. The van der Waals surface area contributed by atoms with Crippen LogP contribution in [0.5, 0.6) is 0 Å². The van der Waals surface area contributed by atoms with Crippen molar-refractivity contribution >= 4 is 11.8 Å². The highest BCUT2D eigenvalue weighted by atomic mass is 16.2. The molecular formula is C12H17N3O3. The fraction of sp³-hybridized carbons (Fsp3) is 0.417. The van der Waals surface area contributed by atoms with E-state index in [0.717, 1.165) is 0 Å². The number of hydrogen-bond donors (Lipinski definition) is 1. The van der Waals surface area contributed by atoms with E-state index in [1.54, 1.807) is 21.0 Å². The summed E-state index contributed by atoms with van der Waals surface area (Å²) < 4.78 is 0. The van der Waals surface area contributed by atoms with Gasteiger partial charge in [-0.05, 0) is 13.0 Å². The Bertz CT molecular complexity index is 473. The van der Waals surface area contributed by atoms with E-state index < -0.39 is 0 Å². The molecule has 0 aliphatic rings. The second-order valence-corrected chi connectivity index (χ2v) is 4.05. The summed E-state index contributed by atoms with van der Waals surface area (Å²) >= 11 is 0. The van der Waals surface area contributed by atoms with Crippen LogP contribution in [-0.4, -0.2) is 53.8 Å². The zero-order chi connectivity index (χ0) is 13.7. The maximum absolute atomic E-state index is 12.1. The predicted molar refractivity (Wildman–Crippen MR) is 67.3 cm³/mol. The topological polar surface area (TPSA) is 73.5 Å². The van der Waals surface area contributed by atoms with Gasteiger partial charge in [0.05, 0.1) is 12.1 Å². The highest BCUT2D eigenvalue weighted by Gasteiger charge is 2.18. The summed E-state index contributed by atoms with van der Waals surface area (Å²) in [6, 6.07) is 2.73. The van der Waals surface area contributed by atoms with E-state index in [1.807, 2.05) is 0 Å². The van der Waals surface area contributed by atoms with Gasteiger partial charge in [-0.1, -0.05) is 0 Å². The lowest BCUT2D eigenvalue weighted by atomic mass is 10.2. The quantitative estimate of drug-likeness (QED) is 0.813. The maximum Gasteiger partial charge on any atom is 0.255 e. The highest BCUT2D eigenvalue weighted by molar-refractivity contribution is 5.96. The average Bonchev–Trinajstić information content (AvgIpc) is 2.35. The zero-order valence-corrected chi connectivity index (χ0v) is 10.8. The lowest BCUT2D eigenvalue weighted by molar-refractivity contribution is -0.129. The van der Waals surface area contributed by atoms with Crippen molar-refractivity contribution in [1.29, 1.82) is 0 Å². The first-order valence-electron chi connectivity index (χ1n) is 5.64.